The van der Waals surface area contributed by atoms with E-state index in [2.05, 4.69) is 77.5 Å². The minimum Gasteiger partial charge on any atom is -0.507 e. The zero-order valence-corrected chi connectivity index (χ0v) is 23.1. The molecule has 4 nitrogen and oxygen atoms in total. The summed E-state index contributed by atoms with van der Waals surface area (Å²) in [7, 11) is 0. The van der Waals surface area contributed by atoms with Crippen molar-refractivity contribution in [3.8, 4) is 11.5 Å². The van der Waals surface area contributed by atoms with Gasteiger partial charge in [-0.25, -0.2) is 0 Å². The summed E-state index contributed by atoms with van der Waals surface area (Å²) >= 11 is 0. The maximum Gasteiger partial charge on any atom is 0.129 e. The van der Waals surface area contributed by atoms with Crippen LogP contribution in [0.5, 0.6) is 11.5 Å². The molecule has 0 aliphatic heterocycles. The molecule has 2 rings (SSSR count). The van der Waals surface area contributed by atoms with Crippen molar-refractivity contribution in [2.24, 2.45) is 33.7 Å². The van der Waals surface area contributed by atoms with Gasteiger partial charge in [-0.05, 0) is 83.7 Å². The third kappa shape index (κ3) is 9.51. The lowest BCUT2D eigenvalue weighted by molar-refractivity contribution is 0.460. The summed E-state index contributed by atoms with van der Waals surface area (Å²) in [4.78, 5) is 8.93. The molecule has 0 heterocycles. The Bertz CT molecular complexity index is 936. The van der Waals surface area contributed by atoms with Crippen LogP contribution in [0.3, 0.4) is 0 Å². The lowest BCUT2D eigenvalue weighted by atomic mass is 9.94. The molecule has 0 spiro atoms. The maximum atomic E-state index is 10.8. The Labute approximate surface area is 213 Å². The smallest absolute Gasteiger partial charge is 0.129 e. The fourth-order valence-electron chi connectivity index (χ4n) is 4.47. The lowest BCUT2D eigenvalue weighted by Gasteiger charge is -2.14. The van der Waals surface area contributed by atoms with Gasteiger partial charge in [0.2, 0.25) is 0 Å². The Balaban J connectivity index is 2.24. The molecule has 0 atom stereocenters. The van der Waals surface area contributed by atoms with Crippen molar-refractivity contribution in [2.45, 2.75) is 81.1 Å². The molecule has 0 aliphatic carbocycles. The van der Waals surface area contributed by atoms with E-state index < -0.39 is 0 Å². The minimum atomic E-state index is 0.237. The number of aliphatic imine (C=N–C) groups is 2. The number of phenols is 2. The maximum absolute atomic E-state index is 10.8. The van der Waals surface area contributed by atoms with Gasteiger partial charge < -0.3 is 10.2 Å². The minimum absolute atomic E-state index is 0.237. The van der Waals surface area contributed by atoms with Crippen molar-refractivity contribution in [3.63, 3.8) is 0 Å². The molecule has 192 valence electrons. The predicted molar refractivity (Wildman–Crippen MR) is 150 cm³/mol. The van der Waals surface area contributed by atoms with E-state index >= 15 is 0 Å². The third-order valence-corrected chi connectivity index (χ3v) is 5.72. The second-order valence-electron chi connectivity index (χ2n) is 11.5. The van der Waals surface area contributed by atoms with Gasteiger partial charge in [-0.2, -0.15) is 0 Å². The molecular weight excluding hydrogens is 432 g/mol. The first-order valence-electron chi connectivity index (χ1n) is 13.1. The fraction of sp³-hybridized carbons (Fsp3) is 0.548. The van der Waals surface area contributed by atoms with Crippen LogP contribution in [-0.4, -0.2) is 29.3 Å². The zero-order chi connectivity index (χ0) is 26.1. The number of rotatable bonds is 12. The van der Waals surface area contributed by atoms with E-state index in [9.17, 15) is 10.2 Å². The molecular formula is C31H46N2O2. The highest BCUT2D eigenvalue weighted by Gasteiger charge is 2.13. The number of aromatic hydroxyl groups is 2. The molecule has 35 heavy (non-hydrogen) atoms. The second-order valence-corrected chi connectivity index (χ2v) is 11.5. The first-order valence-corrected chi connectivity index (χ1v) is 13.1. The SMILES string of the molecule is CC(C)Cc1cc(C=NCN=Cc2cc(CC(C)C)cc(CC(C)C)c2O)c(O)c(CC(C)C)c1. The van der Waals surface area contributed by atoms with Crippen LogP contribution in [0.2, 0.25) is 0 Å². The van der Waals surface area contributed by atoms with Crippen LogP contribution in [0, 0.1) is 23.7 Å². The normalized spacial score (nSPS) is 12.5. The Morgan fingerprint density at radius 2 is 0.914 bits per heavy atom. The van der Waals surface area contributed by atoms with Crippen LogP contribution in [-0.2, 0) is 25.7 Å². The first kappa shape index (κ1) is 28.6. The van der Waals surface area contributed by atoms with Crippen LogP contribution in [0.15, 0.2) is 34.3 Å². The van der Waals surface area contributed by atoms with Gasteiger partial charge in [0.1, 0.15) is 18.2 Å². The number of benzene rings is 2. The highest BCUT2D eigenvalue weighted by Crippen LogP contribution is 2.28. The molecule has 0 bridgehead atoms. The predicted octanol–water partition coefficient (Wildman–Crippen LogP) is 7.39. The van der Waals surface area contributed by atoms with Crippen LogP contribution in [0.4, 0.5) is 0 Å². The molecule has 0 aromatic heterocycles. The van der Waals surface area contributed by atoms with E-state index in [4.69, 9.17) is 0 Å². The van der Waals surface area contributed by atoms with E-state index in [1.165, 1.54) is 11.1 Å². The van der Waals surface area contributed by atoms with Gasteiger partial charge in [0.15, 0.2) is 0 Å². The van der Waals surface area contributed by atoms with Crippen molar-refractivity contribution >= 4 is 12.4 Å². The van der Waals surface area contributed by atoms with Crippen molar-refractivity contribution in [2.75, 3.05) is 6.67 Å². The molecule has 2 aromatic carbocycles. The molecule has 0 amide bonds. The first-order chi connectivity index (χ1) is 16.5. The van der Waals surface area contributed by atoms with Crippen molar-refractivity contribution in [1.29, 1.82) is 0 Å². The summed E-state index contributed by atoms with van der Waals surface area (Å²) in [5, 5.41) is 21.6. The molecule has 0 radical (unpaired) electrons. The summed E-state index contributed by atoms with van der Waals surface area (Å²) in [6.45, 7) is 17.7. The second kappa shape index (κ2) is 13.5. The largest absolute Gasteiger partial charge is 0.507 e. The topological polar surface area (TPSA) is 65.2 Å². The molecule has 0 unspecified atom stereocenters. The molecule has 4 heteroatoms. The van der Waals surface area contributed by atoms with Gasteiger partial charge in [-0.15, -0.1) is 0 Å². The summed E-state index contributed by atoms with van der Waals surface area (Å²) < 4.78 is 0. The number of hydrogen-bond donors (Lipinski definition) is 2. The van der Waals surface area contributed by atoms with Gasteiger partial charge in [-0.1, -0.05) is 67.5 Å². The van der Waals surface area contributed by atoms with Gasteiger partial charge in [0, 0.05) is 23.6 Å². The number of hydrogen-bond acceptors (Lipinski definition) is 4. The number of nitrogens with zero attached hydrogens (tertiary/aromatic N) is 2. The van der Waals surface area contributed by atoms with Crippen LogP contribution < -0.4 is 0 Å². The Hall–Kier alpha value is -2.62. The zero-order valence-electron chi connectivity index (χ0n) is 23.1. The lowest BCUT2D eigenvalue weighted by Crippen LogP contribution is -2.02. The Morgan fingerprint density at radius 1 is 0.571 bits per heavy atom. The molecule has 0 saturated carbocycles. The van der Waals surface area contributed by atoms with E-state index in [-0.39, 0.29) is 6.67 Å². The van der Waals surface area contributed by atoms with Gasteiger partial charge in [0.25, 0.3) is 0 Å². The quantitative estimate of drug-likeness (QED) is 0.312. The van der Waals surface area contributed by atoms with E-state index in [0.717, 1.165) is 47.9 Å². The van der Waals surface area contributed by atoms with E-state index in [0.29, 0.717) is 35.2 Å². The fourth-order valence-corrected chi connectivity index (χ4v) is 4.47. The van der Waals surface area contributed by atoms with Gasteiger partial charge >= 0.3 is 0 Å². The van der Waals surface area contributed by atoms with Crippen molar-refractivity contribution in [3.05, 3.63) is 57.6 Å². The van der Waals surface area contributed by atoms with Crippen molar-refractivity contribution in [1.82, 2.24) is 0 Å². The average molecular weight is 479 g/mol. The molecule has 2 aromatic rings. The van der Waals surface area contributed by atoms with E-state index in [1.807, 2.05) is 12.1 Å². The van der Waals surface area contributed by atoms with Crippen LogP contribution >= 0.6 is 0 Å². The highest BCUT2D eigenvalue weighted by molar-refractivity contribution is 5.86. The van der Waals surface area contributed by atoms with E-state index in [1.54, 1.807) is 12.4 Å². The Kier molecular flexibility index (Phi) is 11.0. The van der Waals surface area contributed by atoms with Gasteiger partial charge in [-0.3, -0.25) is 9.98 Å². The van der Waals surface area contributed by atoms with Crippen molar-refractivity contribution < 1.29 is 10.2 Å². The molecule has 0 fully saturated rings. The standard InChI is InChI=1S/C31H46N2O2/c1-20(2)9-24-13-26(11-22(5)6)30(34)28(15-24)17-32-19-33-18-29-16-25(10-21(3)4)14-27(31(29)35)12-23(7)8/h13-18,20-23,34-35H,9-12,19H2,1-8H3. The summed E-state index contributed by atoms with van der Waals surface area (Å²) in [6.07, 6.45) is 7.05. The van der Waals surface area contributed by atoms with Gasteiger partial charge in [0.05, 0.1) is 0 Å². The van der Waals surface area contributed by atoms with Crippen LogP contribution in [0.1, 0.15) is 88.8 Å². The Morgan fingerprint density at radius 3 is 1.23 bits per heavy atom. The van der Waals surface area contributed by atoms with Crippen LogP contribution in [0.25, 0.3) is 0 Å². The highest BCUT2D eigenvalue weighted by atomic mass is 16.3. The summed E-state index contributed by atoms with van der Waals surface area (Å²) in [6, 6.07) is 8.33. The number of phenolic OH excluding ortho intramolecular Hbond substituents is 2. The third-order valence-electron chi connectivity index (χ3n) is 5.72. The summed E-state index contributed by atoms with van der Waals surface area (Å²) in [5.41, 5.74) is 5.90. The summed E-state index contributed by atoms with van der Waals surface area (Å²) in [5.74, 6) is 2.64. The molecule has 0 saturated heterocycles. The molecule has 0 aliphatic rings. The molecule has 2 N–H and O–H groups in total. The average Bonchev–Trinajstić information content (AvgIpc) is 2.72. The monoisotopic (exact) mass is 478 g/mol.